The highest BCUT2D eigenvalue weighted by atomic mass is 127. The summed E-state index contributed by atoms with van der Waals surface area (Å²) in [6.45, 7) is 0. The maximum absolute atomic E-state index is 11.4. The Morgan fingerprint density at radius 1 is 1.57 bits per heavy atom. The Hall–Kier alpha value is 0.380. The van der Waals surface area contributed by atoms with Crippen LogP contribution in [0.25, 0.3) is 0 Å². The molecule has 0 saturated heterocycles. The van der Waals surface area contributed by atoms with Crippen LogP contribution < -0.4 is 4.74 Å². The molecule has 1 rings (SSSR count). The molecule has 0 fully saturated rings. The smallest absolute Gasteiger partial charge is 0.173 e. The highest BCUT2D eigenvalue weighted by Gasteiger charge is 2.11. The Labute approximate surface area is 113 Å². The molecule has 0 aliphatic rings. The number of benzene rings is 1. The predicted octanol–water partition coefficient (Wildman–Crippen LogP) is 3.64. The van der Waals surface area contributed by atoms with Gasteiger partial charge in [-0.3, -0.25) is 4.79 Å². The number of ether oxygens (including phenoxy) is 1. The lowest BCUT2D eigenvalue weighted by molar-refractivity contribution is 0.102. The van der Waals surface area contributed by atoms with Crippen LogP contribution in [-0.4, -0.2) is 18.2 Å². The molecule has 0 aliphatic heterocycles. The fourth-order valence-corrected chi connectivity index (χ4v) is 3.16. The highest BCUT2D eigenvalue weighted by Crippen LogP contribution is 2.31. The fraction of sp³-hybridized carbons (Fsp3) is 0.222. The number of carbonyl (C=O) groups is 1. The van der Waals surface area contributed by atoms with E-state index in [1.54, 1.807) is 13.2 Å². The van der Waals surface area contributed by atoms with Crippen LogP contribution in [0.5, 0.6) is 5.75 Å². The van der Waals surface area contributed by atoms with Gasteiger partial charge in [0.2, 0.25) is 0 Å². The third-order valence-corrected chi connectivity index (χ3v) is 3.55. The second kappa shape index (κ2) is 5.46. The molecule has 2 nitrogen and oxygen atoms in total. The number of ketones is 1. The predicted molar refractivity (Wildman–Crippen MR) is 71.5 cm³/mol. The molecule has 1 aromatic carbocycles. The normalized spacial score (nSPS) is 10.0. The maximum Gasteiger partial charge on any atom is 0.173 e. The lowest BCUT2D eigenvalue weighted by atomic mass is 10.1. The zero-order valence-corrected chi connectivity index (χ0v) is 12.6. The molecule has 0 aromatic heterocycles. The standard InChI is InChI=1S/C9H7Br2IO2/c1-14-9-6(11)2-5(3-7(9)12)8(13)4-10/h2-3H,4H2,1H3. The first-order valence-electron chi connectivity index (χ1n) is 3.72. The molecule has 0 aliphatic carbocycles. The molecule has 0 unspecified atom stereocenters. The first-order chi connectivity index (χ1) is 6.60. The summed E-state index contributed by atoms with van der Waals surface area (Å²) < 4.78 is 6.89. The average Bonchev–Trinajstić information content (AvgIpc) is 2.16. The van der Waals surface area contributed by atoms with E-state index in [9.17, 15) is 4.79 Å². The largest absolute Gasteiger partial charge is 0.494 e. The lowest BCUT2D eigenvalue weighted by Gasteiger charge is -2.07. The summed E-state index contributed by atoms with van der Waals surface area (Å²) in [5, 5.41) is 0.335. The monoisotopic (exact) mass is 432 g/mol. The topological polar surface area (TPSA) is 26.3 Å². The van der Waals surface area contributed by atoms with E-state index in [4.69, 9.17) is 4.74 Å². The number of hydrogen-bond donors (Lipinski definition) is 0. The number of carbonyl (C=O) groups excluding carboxylic acids is 1. The van der Waals surface area contributed by atoms with Crippen LogP contribution >= 0.6 is 54.5 Å². The van der Waals surface area contributed by atoms with Gasteiger partial charge in [0.25, 0.3) is 0 Å². The van der Waals surface area contributed by atoms with Crippen LogP contribution in [-0.2, 0) is 0 Å². The average molecular weight is 434 g/mol. The van der Waals surface area contributed by atoms with Crippen LogP contribution in [0.2, 0.25) is 0 Å². The molecule has 5 heteroatoms. The minimum Gasteiger partial charge on any atom is -0.494 e. The van der Waals surface area contributed by atoms with E-state index >= 15 is 0 Å². The van der Waals surface area contributed by atoms with Gasteiger partial charge in [-0.25, -0.2) is 0 Å². The molecular weight excluding hydrogens is 427 g/mol. The molecule has 14 heavy (non-hydrogen) atoms. The summed E-state index contributed by atoms with van der Waals surface area (Å²) in [5.41, 5.74) is 0.680. The Balaban J connectivity index is 3.20. The maximum atomic E-state index is 11.4. The van der Waals surface area contributed by atoms with Gasteiger partial charge in [-0.15, -0.1) is 0 Å². The molecule has 0 bridgehead atoms. The van der Waals surface area contributed by atoms with Gasteiger partial charge in [0.1, 0.15) is 5.75 Å². The first-order valence-corrected chi connectivity index (χ1v) is 6.71. The van der Waals surface area contributed by atoms with Crippen molar-refractivity contribution < 1.29 is 9.53 Å². The molecule has 0 radical (unpaired) electrons. The van der Waals surface area contributed by atoms with E-state index in [-0.39, 0.29) is 5.78 Å². The third-order valence-electron chi connectivity index (χ3n) is 1.65. The lowest BCUT2D eigenvalue weighted by Crippen LogP contribution is -2.01. The van der Waals surface area contributed by atoms with Crippen molar-refractivity contribution in [1.82, 2.24) is 0 Å². The van der Waals surface area contributed by atoms with E-state index in [1.165, 1.54) is 0 Å². The van der Waals surface area contributed by atoms with Gasteiger partial charge in [-0.2, -0.15) is 0 Å². The molecule has 1 aromatic rings. The molecule has 76 valence electrons. The van der Waals surface area contributed by atoms with E-state index in [1.807, 2.05) is 6.07 Å². The first kappa shape index (κ1) is 12.4. The Morgan fingerprint density at radius 2 is 2.21 bits per heavy atom. The van der Waals surface area contributed by atoms with Gasteiger partial charge in [0, 0.05) is 5.56 Å². The number of alkyl halides is 1. The van der Waals surface area contributed by atoms with Crippen molar-refractivity contribution in [2.75, 3.05) is 12.4 Å². The van der Waals surface area contributed by atoms with E-state index in [0.717, 1.165) is 13.8 Å². The van der Waals surface area contributed by atoms with Crippen molar-refractivity contribution in [2.45, 2.75) is 0 Å². The molecule has 0 saturated carbocycles. The minimum atomic E-state index is 0.0614. The second-order valence-corrected chi connectivity index (χ2v) is 5.11. The molecule has 0 amide bonds. The Bertz CT molecular complexity index is 343. The quantitative estimate of drug-likeness (QED) is 0.413. The van der Waals surface area contributed by atoms with Crippen molar-refractivity contribution in [1.29, 1.82) is 0 Å². The van der Waals surface area contributed by atoms with Gasteiger partial charge < -0.3 is 4.74 Å². The Morgan fingerprint density at radius 3 is 2.64 bits per heavy atom. The van der Waals surface area contributed by atoms with E-state index in [2.05, 4.69) is 54.5 Å². The van der Waals surface area contributed by atoms with Crippen molar-refractivity contribution in [3.8, 4) is 5.75 Å². The summed E-state index contributed by atoms with van der Waals surface area (Å²) in [4.78, 5) is 11.4. The second-order valence-electron chi connectivity index (χ2n) is 2.53. The van der Waals surface area contributed by atoms with Crippen LogP contribution in [0.3, 0.4) is 0 Å². The van der Waals surface area contributed by atoms with Crippen molar-refractivity contribution >= 4 is 60.2 Å². The molecular formula is C9H7Br2IO2. The van der Waals surface area contributed by atoms with Crippen LogP contribution in [0.4, 0.5) is 0 Å². The zero-order valence-electron chi connectivity index (χ0n) is 7.31. The minimum absolute atomic E-state index is 0.0614. The zero-order chi connectivity index (χ0) is 10.7. The summed E-state index contributed by atoms with van der Waals surface area (Å²) in [5.74, 6) is 0.822. The molecule has 0 spiro atoms. The van der Waals surface area contributed by atoms with Gasteiger partial charge in [0.05, 0.1) is 20.5 Å². The number of rotatable bonds is 3. The summed E-state index contributed by atoms with van der Waals surface area (Å²) in [6.07, 6.45) is 0. The van der Waals surface area contributed by atoms with Crippen LogP contribution in [0.1, 0.15) is 10.4 Å². The number of hydrogen-bond acceptors (Lipinski definition) is 2. The van der Waals surface area contributed by atoms with Crippen molar-refractivity contribution in [3.63, 3.8) is 0 Å². The summed E-state index contributed by atoms with van der Waals surface area (Å²) >= 11 is 8.63. The summed E-state index contributed by atoms with van der Waals surface area (Å²) in [7, 11) is 1.61. The summed E-state index contributed by atoms with van der Waals surface area (Å²) in [6, 6.07) is 3.58. The van der Waals surface area contributed by atoms with E-state index in [0.29, 0.717) is 10.9 Å². The van der Waals surface area contributed by atoms with Crippen LogP contribution in [0, 0.1) is 3.57 Å². The number of methoxy groups -OCH3 is 1. The Kier molecular flexibility index (Phi) is 4.86. The van der Waals surface area contributed by atoms with Crippen molar-refractivity contribution in [3.05, 3.63) is 25.7 Å². The third kappa shape index (κ3) is 2.70. The van der Waals surface area contributed by atoms with Crippen LogP contribution in [0.15, 0.2) is 16.6 Å². The highest BCUT2D eigenvalue weighted by molar-refractivity contribution is 14.1. The molecule has 0 N–H and O–H groups in total. The van der Waals surface area contributed by atoms with Gasteiger partial charge >= 0.3 is 0 Å². The SMILES string of the molecule is COc1c(Br)cc(C(=O)CBr)cc1I. The van der Waals surface area contributed by atoms with E-state index < -0.39 is 0 Å². The fourth-order valence-electron chi connectivity index (χ4n) is 0.993. The van der Waals surface area contributed by atoms with Gasteiger partial charge in [-0.1, -0.05) is 15.9 Å². The number of halogens is 3. The van der Waals surface area contributed by atoms with Crippen molar-refractivity contribution in [2.24, 2.45) is 0 Å². The van der Waals surface area contributed by atoms with Gasteiger partial charge in [-0.05, 0) is 50.7 Å². The molecule has 0 atom stereocenters. The molecule has 0 heterocycles. The van der Waals surface area contributed by atoms with Gasteiger partial charge in [0.15, 0.2) is 5.78 Å². The number of Topliss-reactive ketones (excluding diaryl/α,β-unsaturated/α-hetero) is 1.